The largest absolute Gasteiger partial charge is 0.458 e. The second-order valence-corrected chi connectivity index (χ2v) is 2.41. The van der Waals surface area contributed by atoms with Crippen molar-refractivity contribution in [3.8, 4) is 0 Å². The van der Waals surface area contributed by atoms with Gasteiger partial charge in [-0.05, 0) is 20.8 Å². The lowest BCUT2D eigenvalue weighted by Crippen LogP contribution is -2.21. The highest BCUT2D eigenvalue weighted by atomic mass is 16.5. The third-order valence-electron chi connectivity index (χ3n) is 1.12. The molecule has 0 aliphatic heterocycles. The van der Waals surface area contributed by atoms with E-state index in [0.29, 0.717) is 5.70 Å². The van der Waals surface area contributed by atoms with Crippen LogP contribution in [0.1, 0.15) is 20.8 Å². The highest BCUT2D eigenvalue weighted by Gasteiger charge is 2.08. The van der Waals surface area contributed by atoms with Gasteiger partial charge >= 0.3 is 5.97 Å². The molecule has 0 atom stereocenters. The van der Waals surface area contributed by atoms with Crippen molar-refractivity contribution in [2.24, 2.45) is 0 Å². The van der Waals surface area contributed by atoms with E-state index in [1.54, 1.807) is 20.0 Å². The molecule has 0 aliphatic carbocycles. The molecule has 11 heavy (non-hydrogen) atoms. The molecule has 0 bridgehead atoms. The number of carbonyl (C=O) groups is 1. The Balaban J connectivity index is 4.02. The van der Waals surface area contributed by atoms with Gasteiger partial charge in [0.25, 0.3) is 0 Å². The predicted octanol–water partition coefficient (Wildman–Crippen LogP) is 1.06. The third-order valence-corrected chi connectivity index (χ3v) is 1.12. The lowest BCUT2D eigenvalue weighted by Gasteiger charge is -2.09. The van der Waals surface area contributed by atoms with Crippen LogP contribution < -0.4 is 5.32 Å². The first-order chi connectivity index (χ1) is 5.11. The van der Waals surface area contributed by atoms with E-state index in [1.807, 2.05) is 13.8 Å². The van der Waals surface area contributed by atoms with Gasteiger partial charge in [0.1, 0.15) is 5.70 Å². The highest BCUT2D eigenvalue weighted by molar-refractivity contribution is 5.87. The van der Waals surface area contributed by atoms with Gasteiger partial charge in [0.05, 0.1) is 6.10 Å². The highest BCUT2D eigenvalue weighted by Crippen LogP contribution is 1.96. The molecular weight excluding hydrogens is 142 g/mol. The second kappa shape index (κ2) is 4.77. The molecule has 0 rings (SSSR count). The summed E-state index contributed by atoms with van der Waals surface area (Å²) in [4.78, 5) is 11.1. The maximum absolute atomic E-state index is 11.1. The summed E-state index contributed by atoms with van der Waals surface area (Å²) in [6.07, 6.45) is 1.62. The van der Waals surface area contributed by atoms with Crippen molar-refractivity contribution in [3.05, 3.63) is 11.8 Å². The molecule has 0 aromatic heterocycles. The fraction of sp³-hybridized carbons (Fsp3) is 0.625. The molecular formula is C8H15NO2. The zero-order valence-corrected chi connectivity index (χ0v) is 7.47. The summed E-state index contributed by atoms with van der Waals surface area (Å²) in [5.74, 6) is -0.301. The van der Waals surface area contributed by atoms with E-state index < -0.39 is 0 Å². The first kappa shape index (κ1) is 10.0. The first-order valence-corrected chi connectivity index (χ1v) is 3.66. The average Bonchev–Trinajstić information content (AvgIpc) is 1.88. The molecule has 3 nitrogen and oxygen atoms in total. The molecule has 3 heteroatoms. The quantitative estimate of drug-likeness (QED) is 0.491. The van der Waals surface area contributed by atoms with Gasteiger partial charge in [-0.3, -0.25) is 0 Å². The topological polar surface area (TPSA) is 38.3 Å². The number of ether oxygens (including phenoxy) is 1. The standard InChI is InChI=1S/C8H15NO2/c1-5-7(9-4)8(10)11-6(2)3/h5-6,9H,1-4H3/b7-5-. The Kier molecular flexibility index (Phi) is 4.34. The molecule has 0 spiro atoms. The molecule has 0 radical (unpaired) electrons. The summed E-state index contributed by atoms with van der Waals surface area (Å²) >= 11 is 0. The normalized spacial score (nSPS) is 11.5. The van der Waals surface area contributed by atoms with Gasteiger partial charge < -0.3 is 10.1 Å². The van der Waals surface area contributed by atoms with Crippen molar-refractivity contribution in [1.82, 2.24) is 5.32 Å². The summed E-state index contributed by atoms with van der Waals surface area (Å²) in [7, 11) is 1.69. The predicted molar refractivity (Wildman–Crippen MR) is 44.0 cm³/mol. The zero-order chi connectivity index (χ0) is 8.85. The van der Waals surface area contributed by atoms with Gasteiger partial charge in [0.2, 0.25) is 0 Å². The smallest absolute Gasteiger partial charge is 0.354 e. The Labute approximate surface area is 67.4 Å². The van der Waals surface area contributed by atoms with Crippen molar-refractivity contribution in [2.45, 2.75) is 26.9 Å². The summed E-state index contributed by atoms with van der Waals surface area (Å²) in [6, 6.07) is 0. The maximum Gasteiger partial charge on any atom is 0.354 e. The van der Waals surface area contributed by atoms with Crippen molar-refractivity contribution in [3.63, 3.8) is 0 Å². The van der Waals surface area contributed by atoms with Crippen molar-refractivity contribution in [1.29, 1.82) is 0 Å². The SMILES string of the molecule is C/C=C(\NC)C(=O)OC(C)C. The second-order valence-electron chi connectivity index (χ2n) is 2.41. The number of esters is 1. The Morgan fingerprint density at radius 1 is 1.55 bits per heavy atom. The van der Waals surface area contributed by atoms with E-state index in [4.69, 9.17) is 4.74 Å². The number of hydrogen-bond acceptors (Lipinski definition) is 3. The number of rotatable bonds is 3. The molecule has 0 fully saturated rings. The van der Waals surface area contributed by atoms with Crippen LogP contribution in [0.4, 0.5) is 0 Å². The summed E-state index contributed by atoms with van der Waals surface area (Å²) in [6.45, 7) is 5.43. The zero-order valence-electron chi connectivity index (χ0n) is 7.47. The van der Waals surface area contributed by atoms with E-state index in [9.17, 15) is 4.79 Å². The molecule has 0 amide bonds. The molecule has 64 valence electrons. The van der Waals surface area contributed by atoms with Gasteiger partial charge in [-0.15, -0.1) is 0 Å². The molecule has 0 unspecified atom stereocenters. The van der Waals surface area contributed by atoms with Gasteiger partial charge in [-0.2, -0.15) is 0 Å². The minimum absolute atomic E-state index is 0.0641. The van der Waals surface area contributed by atoms with Crippen LogP contribution in [0, 0.1) is 0 Å². The van der Waals surface area contributed by atoms with E-state index in [-0.39, 0.29) is 12.1 Å². The lowest BCUT2D eigenvalue weighted by molar-refractivity contribution is -0.143. The Morgan fingerprint density at radius 2 is 2.09 bits per heavy atom. The molecule has 0 aliphatic rings. The third kappa shape index (κ3) is 3.65. The minimum atomic E-state index is -0.301. The van der Waals surface area contributed by atoms with Crippen LogP contribution in [0.3, 0.4) is 0 Å². The van der Waals surface area contributed by atoms with Gasteiger partial charge in [0.15, 0.2) is 0 Å². The fourth-order valence-electron chi connectivity index (χ4n) is 0.642. The average molecular weight is 157 g/mol. The first-order valence-electron chi connectivity index (χ1n) is 3.66. The number of allylic oxidation sites excluding steroid dienone is 1. The van der Waals surface area contributed by atoms with Crippen molar-refractivity contribution >= 4 is 5.97 Å². The summed E-state index contributed by atoms with van der Waals surface area (Å²) < 4.78 is 4.92. The van der Waals surface area contributed by atoms with Crippen LogP contribution in [-0.2, 0) is 9.53 Å². The van der Waals surface area contributed by atoms with Gasteiger partial charge in [-0.25, -0.2) is 4.79 Å². The van der Waals surface area contributed by atoms with Crippen LogP contribution in [-0.4, -0.2) is 19.1 Å². The van der Waals surface area contributed by atoms with E-state index in [2.05, 4.69) is 5.32 Å². The Hall–Kier alpha value is -0.990. The summed E-state index contributed by atoms with van der Waals surface area (Å²) in [5.41, 5.74) is 0.499. The number of likely N-dealkylation sites (N-methyl/N-ethyl adjacent to an activating group) is 1. The van der Waals surface area contributed by atoms with Crippen LogP contribution in [0.25, 0.3) is 0 Å². The van der Waals surface area contributed by atoms with Gasteiger partial charge in [0, 0.05) is 7.05 Å². The van der Waals surface area contributed by atoms with Crippen molar-refractivity contribution in [2.75, 3.05) is 7.05 Å². The molecule has 0 aromatic carbocycles. The minimum Gasteiger partial charge on any atom is -0.458 e. The van der Waals surface area contributed by atoms with Gasteiger partial charge in [-0.1, -0.05) is 6.08 Å². The van der Waals surface area contributed by atoms with E-state index in [1.165, 1.54) is 0 Å². The molecule has 0 heterocycles. The maximum atomic E-state index is 11.1. The van der Waals surface area contributed by atoms with Crippen LogP contribution in [0.5, 0.6) is 0 Å². The number of hydrogen-bond donors (Lipinski definition) is 1. The molecule has 0 saturated heterocycles. The van der Waals surface area contributed by atoms with Crippen molar-refractivity contribution < 1.29 is 9.53 Å². The molecule has 1 N–H and O–H groups in total. The number of nitrogens with one attached hydrogen (secondary N) is 1. The molecule has 0 aromatic rings. The number of carbonyl (C=O) groups excluding carboxylic acids is 1. The molecule has 0 saturated carbocycles. The van der Waals surface area contributed by atoms with Crippen LogP contribution in [0.2, 0.25) is 0 Å². The lowest BCUT2D eigenvalue weighted by atomic mass is 10.4. The van der Waals surface area contributed by atoms with Crippen LogP contribution >= 0.6 is 0 Å². The Morgan fingerprint density at radius 3 is 2.36 bits per heavy atom. The van der Waals surface area contributed by atoms with Crippen LogP contribution in [0.15, 0.2) is 11.8 Å². The van der Waals surface area contributed by atoms with E-state index >= 15 is 0 Å². The fourth-order valence-corrected chi connectivity index (χ4v) is 0.642. The van der Waals surface area contributed by atoms with E-state index in [0.717, 1.165) is 0 Å². The monoisotopic (exact) mass is 157 g/mol. The summed E-state index contributed by atoms with van der Waals surface area (Å²) in [5, 5.41) is 2.74. The Bertz CT molecular complexity index is 161.